The average molecular weight is 369 g/mol. The van der Waals surface area contributed by atoms with Crippen LogP contribution in [0.25, 0.3) is 0 Å². The fourth-order valence-corrected chi connectivity index (χ4v) is 3.94. The first kappa shape index (κ1) is 17.1. The first-order chi connectivity index (χ1) is 11.5. The number of anilines is 2. The summed E-state index contributed by atoms with van der Waals surface area (Å²) in [5.74, 6) is 0.538. The number of aromatic nitrogens is 2. The average Bonchev–Trinajstić information content (AvgIpc) is 2.59. The molecule has 7 nitrogen and oxygen atoms in total. The van der Waals surface area contributed by atoms with Gasteiger partial charge in [0.05, 0.1) is 18.1 Å². The summed E-state index contributed by atoms with van der Waals surface area (Å²) < 4.78 is 32.1. The van der Waals surface area contributed by atoms with Crippen LogP contribution >= 0.6 is 11.6 Å². The Balaban J connectivity index is 1.87. The zero-order valence-corrected chi connectivity index (χ0v) is 14.6. The third-order valence-corrected chi connectivity index (χ3v) is 5.72. The lowest BCUT2D eigenvalue weighted by Gasteiger charge is -2.26. The van der Waals surface area contributed by atoms with Gasteiger partial charge in [0.25, 0.3) is 0 Å². The number of hydrogen-bond acceptors (Lipinski definition) is 6. The van der Waals surface area contributed by atoms with Gasteiger partial charge in [0.15, 0.2) is 0 Å². The first-order valence-electron chi connectivity index (χ1n) is 7.41. The van der Waals surface area contributed by atoms with Gasteiger partial charge in [-0.25, -0.2) is 18.4 Å². The minimum atomic E-state index is -3.54. The Kier molecular flexibility index (Phi) is 5.00. The summed E-state index contributed by atoms with van der Waals surface area (Å²) in [4.78, 5) is 8.24. The standard InChI is InChI=1S/C15H17ClN4O3S/c1-11-10-17-15(16)19-14(11)18-12-3-2-4-13(9-12)24(21,22)20-5-7-23-8-6-20/h2-4,9-10H,5-8H2,1H3,(H,17,18,19). The Bertz CT molecular complexity index is 838. The van der Waals surface area contributed by atoms with E-state index in [2.05, 4.69) is 15.3 Å². The number of nitrogens with one attached hydrogen (secondary N) is 1. The number of rotatable bonds is 4. The number of hydrogen-bond donors (Lipinski definition) is 1. The molecule has 0 saturated carbocycles. The van der Waals surface area contributed by atoms with Crippen LogP contribution in [0.4, 0.5) is 11.5 Å². The highest BCUT2D eigenvalue weighted by Gasteiger charge is 2.26. The van der Waals surface area contributed by atoms with Crippen LogP contribution in [-0.4, -0.2) is 49.0 Å². The Morgan fingerprint density at radius 2 is 2.04 bits per heavy atom. The summed E-state index contributed by atoms with van der Waals surface area (Å²) in [6.45, 7) is 3.39. The molecule has 3 rings (SSSR count). The van der Waals surface area contributed by atoms with Gasteiger partial charge in [-0.05, 0) is 36.7 Å². The van der Waals surface area contributed by atoms with Crippen molar-refractivity contribution in [3.8, 4) is 0 Å². The lowest BCUT2D eigenvalue weighted by Crippen LogP contribution is -2.40. The SMILES string of the molecule is Cc1cnc(Cl)nc1Nc1cccc(S(=O)(=O)N2CCOCC2)c1. The van der Waals surface area contributed by atoms with Crippen LogP contribution in [0.3, 0.4) is 0 Å². The molecular weight excluding hydrogens is 352 g/mol. The van der Waals surface area contributed by atoms with Crippen molar-refractivity contribution in [3.63, 3.8) is 0 Å². The summed E-state index contributed by atoms with van der Waals surface area (Å²) in [6.07, 6.45) is 1.60. The van der Waals surface area contributed by atoms with E-state index >= 15 is 0 Å². The molecule has 2 heterocycles. The molecule has 0 amide bonds. The highest BCUT2D eigenvalue weighted by atomic mass is 35.5. The molecule has 1 aliphatic rings. The lowest BCUT2D eigenvalue weighted by atomic mass is 10.3. The van der Waals surface area contributed by atoms with Crippen molar-refractivity contribution in [2.45, 2.75) is 11.8 Å². The third kappa shape index (κ3) is 3.67. The molecule has 1 fully saturated rings. The summed E-state index contributed by atoms with van der Waals surface area (Å²) in [7, 11) is -3.54. The Morgan fingerprint density at radius 1 is 1.29 bits per heavy atom. The van der Waals surface area contributed by atoms with Crippen LogP contribution in [0.5, 0.6) is 0 Å². The molecule has 0 aliphatic carbocycles. The summed E-state index contributed by atoms with van der Waals surface area (Å²) >= 11 is 5.81. The number of ether oxygens (including phenoxy) is 1. The Hall–Kier alpha value is -1.74. The lowest BCUT2D eigenvalue weighted by molar-refractivity contribution is 0.0730. The zero-order valence-electron chi connectivity index (χ0n) is 13.1. The third-order valence-electron chi connectivity index (χ3n) is 3.65. The summed E-state index contributed by atoms with van der Waals surface area (Å²) in [6, 6.07) is 6.62. The molecule has 2 aromatic rings. The van der Waals surface area contributed by atoms with Gasteiger partial charge in [-0.2, -0.15) is 4.31 Å². The van der Waals surface area contributed by atoms with Crippen molar-refractivity contribution in [2.75, 3.05) is 31.6 Å². The number of morpholine rings is 1. The monoisotopic (exact) mass is 368 g/mol. The Morgan fingerprint density at radius 3 is 2.79 bits per heavy atom. The van der Waals surface area contributed by atoms with Gasteiger partial charge in [0.2, 0.25) is 15.3 Å². The smallest absolute Gasteiger partial charge is 0.243 e. The number of nitrogens with zero attached hydrogens (tertiary/aromatic N) is 3. The van der Waals surface area contributed by atoms with E-state index in [-0.39, 0.29) is 10.2 Å². The number of sulfonamides is 1. The maximum atomic E-state index is 12.7. The summed E-state index contributed by atoms with van der Waals surface area (Å²) in [5.41, 5.74) is 1.42. The van der Waals surface area contributed by atoms with Crippen molar-refractivity contribution in [3.05, 3.63) is 41.3 Å². The van der Waals surface area contributed by atoms with E-state index in [0.717, 1.165) is 5.56 Å². The topological polar surface area (TPSA) is 84.4 Å². The number of halogens is 1. The maximum Gasteiger partial charge on any atom is 0.243 e. The molecule has 1 saturated heterocycles. The Labute approximate surface area is 145 Å². The number of benzene rings is 1. The van der Waals surface area contributed by atoms with Crippen LogP contribution in [0.15, 0.2) is 35.4 Å². The predicted molar refractivity (Wildman–Crippen MR) is 91.1 cm³/mol. The largest absolute Gasteiger partial charge is 0.379 e. The van der Waals surface area contributed by atoms with E-state index in [1.165, 1.54) is 4.31 Å². The van der Waals surface area contributed by atoms with E-state index in [1.807, 2.05) is 6.92 Å². The highest BCUT2D eigenvalue weighted by Crippen LogP contribution is 2.24. The number of aryl methyl sites for hydroxylation is 1. The predicted octanol–water partition coefficient (Wildman–Crippen LogP) is 2.20. The van der Waals surface area contributed by atoms with E-state index in [0.29, 0.717) is 37.8 Å². The molecule has 0 radical (unpaired) electrons. The van der Waals surface area contributed by atoms with Gasteiger partial charge in [0.1, 0.15) is 5.82 Å². The fourth-order valence-electron chi connectivity index (χ4n) is 2.35. The second kappa shape index (κ2) is 7.02. The molecule has 0 unspecified atom stereocenters. The van der Waals surface area contributed by atoms with Crippen LogP contribution in [0, 0.1) is 6.92 Å². The van der Waals surface area contributed by atoms with E-state index in [1.54, 1.807) is 30.5 Å². The molecular formula is C15H17ClN4O3S. The minimum absolute atomic E-state index is 0.125. The molecule has 9 heteroatoms. The molecule has 128 valence electrons. The quantitative estimate of drug-likeness (QED) is 0.833. The van der Waals surface area contributed by atoms with Crippen molar-refractivity contribution in [1.82, 2.24) is 14.3 Å². The molecule has 0 bridgehead atoms. The van der Waals surface area contributed by atoms with Gasteiger partial charge in [-0.1, -0.05) is 6.07 Å². The van der Waals surface area contributed by atoms with Crippen molar-refractivity contribution < 1.29 is 13.2 Å². The zero-order chi connectivity index (χ0) is 17.2. The minimum Gasteiger partial charge on any atom is -0.379 e. The molecule has 1 aliphatic heterocycles. The van der Waals surface area contributed by atoms with E-state index < -0.39 is 10.0 Å². The molecule has 0 spiro atoms. The molecule has 1 N–H and O–H groups in total. The van der Waals surface area contributed by atoms with Crippen LogP contribution in [-0.2, 0) is 14.8 Å². The molecule has 1 aromatic heterocycles. The van der Waals surface area contributed by atoms with Crippen molar-refractivity contribution in [2.24, 2.45) is 0 Å². The van der Waals surface area contributed by atoms with Crippen molar-refractivity contribution >= 4 is 33.1 Å². The van der Waals surface area contributed by atoms with Gasteiger partial charge >= 0.3 is 0 Å². The van der Waals surface area contributed by atoms with E-state index in [4.69, 9.17) is 16.3 Å². The van der Waals surface area contributed by atoms with Gasteiger partial charge in [-0.15, -0.1) is 0 Å². The maximum absolute atomic E-state index is 12.7. The summed E-state index contributed by atoms with van der Waals surface area (Å²) in [5, 5.41) is 3.21. The van der Waals surface area contributed by atoms with Gasteiger partial charge in [0, 0.05) is 30.5 Å². The first-order valence-corrected chi connectivity index (χ1v) is 9.23. The van der Waals surface area contributed by atoms with Crippen LogP contribution in [0.1, 0.15) is 5.56 Å². The van der Waals surface area contributed by atoms with Crippen LogP contribution in [0.2, 0.25) is 5.28 Å². The normalized spacial score (nSPS) is 16.1. The van der Waals surface area contributed by atoms with Crippen molar-refractivity contribution in [1.29, 1.82) is 0 Å². The second-order valence-corrected chi connectivity index (χ2v) is 7.62. The van der Waals surface area contributed by atoms with E-state index in [9.17, 15) is 8.42 Å². The molecule has 0 atom stereocenters. The second-order valence-electron chi connectivity index (χ2n) is 5.34. The molecule has 24 heavy (non-hydrogen) atoms. The highest BCUT2D eigenvalue weighted by molar-refractivity contribution is 7.89. The van der Waals surface area contributed by atoms with Gasteiger partial charge < -0.3 is 10.1 Å². The van der Waals surface area contributed by atoms with Gasteiger partial charge in [-0.3, -0.25) is 0 Å². The van der Waals surface area contributed by atoms with Crippen LogP contribution < -0.4 is 5.32 Å². The molecule has 1 aromatic carbocycles. The fraction of sp³-hybridized carbons (Fsp3) is 0.333.